The Balaban J connectivity index is 1.57. The van der Waals surface area contributed by atoms with E-state index < -0.39 is 23.5 Å². The SMILES string of the molecule is COc1cc(C2C(=C(O)c3ccc(F)cc3)C(=O)C(=O)N2Cc2ccccc2)ccc1OCc1ccccc1. The Morgan fingerprint density at radius 3 is 2.13 bits per heavy atom. The van der Waals surface area contributed by atoms with E-state index >= 15 is 0 Å². The van der Waals surface area contributed by atoms with Gasteiger partial charge in [-0.15, -0.1) is 0 Å². The second kappa shape index (κ2) is 11.2. The Bertz CT molecular complexity index is 1520. The minimum atomic E-state index is -0.910. The first kappa shape index (κ1) is 25.7. The second-order valence-corrected chi connectivity index (χ2v) is 9.10. The molecule has 39 heavy (non-hydrogen) atoms. The van der Waals surface area contributed by atoms with Crippen LogP contribution in [0.4, 0.5) is 4.39 Å². The summed E-state index contributed by atoms with van der Waals surface area (Å²) in [5.74, 6) is -1.52. The number of hydrogen-bond acceptors (Lipinski definition) is 5. The van der Waals surface area contributed by atoms with Crippen LogP contribution in [0.3, 0.4) is 0 Å². The van der Waals surface area contributed by atoms with Crippen molar-refractivity contribution in [3.8, 4) is 11.5 Å². The van der Waals surface area contributed by atoms with Crippen LogP contribution in [0.2, 0.25) is 0 Å². The molecule has 196 valence electrons. The van der Waals surface area contributed by atoms with E-state index in [4.69, 9.17) is 9.47 Å². The maximum absolute atomic E-state index is 13.6. The minimum Gasteiger partial charge on any atom is -0.507 e. The van der Waals surface area contributed by atoms with Gasteiger partial charge in [-0.05, 0) is 53.1 Å². The van der Waals surface area contributed by atoms with Gasteiger partial charge in [-0.1, -0.05) is 66.7 Å². The summed E-state index contributed by atoms with van der Waals surface area (Å²) >= 11 is 0. The standard InChI is InChI=1S/C32H26FNO5/c1-38-27-18-24(14-17-26(27)39-20-22-10-6-3-7-11-22)29-28(30(35)23-12-15-25(33)16-13-23)31(36)32(37)34(29)19-21-8-4-2-5-9-21/h2-18,29,35H,19-20H2,1H3. The third-order valence-electron chi connectivity index (χ3n) is 6.59. The molecule has 0 radical (unpaired) electrons. The fraction of sp³-hybridized carbons (Fsp3) is 0.125. The van der Waals surface area contributed by atoms with E-state index in [1.807, 2.05) is 60.7 Å². The summed E-state index contributed by atoms with van der Waals surface area (Å²) in [4.78, 5) is 28.0. The van der Waals surface area contributed by atoms with Gasteiger partial charge in [0, 0.05) is 12.1 Å². The van der Waals surface area contributed by atoms with Crippen LogP contribution in [0.1, 0.15) is 28.3 Å². The van der Waals surface area contributed by atoms with Crippen molar-refractivity contribution in [3.63, 3.8) is 0 Å². The van der Waals surface area contributed by atoms with Gasteiger partial charge in [0.25, 0.3) is 11.7 Å². The van der Waals surface area contributed by atoms with Crippen molar-refractivity contribution in [1.29, 1.82) is 0 Å². The van der Waals surface area contributed by atoms with Crippen molar-refractivity contribution in [3.05, 3.63) is 137 Å². The smallest absolute Gasteiger partial charge is 0.295 e. The number of ketones is 1. The number of benzene rings is 4. The van der Waals surface area contributed by atoms with Crippen molar-refractivity contribution >= 4 is 17.4 Å². The monoisotopic (exact) mass is 523 g/mol. The average Bonchev–Trinajstić information content (AvgIpc) is 3.22. The Morgan fingerprint density at radius 2 is 1.49 bits per heavy atom. The molecule has 0 aromatic heterocycles. The van der Waals surface area contributed by atoms with Gasteiger partial charge in [-0.25, -0.2) is 4.39 Å². The highest BCUT2D eigenvalue weighted by atomic mass is 19.1. The zero-order valence-corrected chi connectivity index (χ0v) is 21.2. The molecule has 0 saturated carbocycles. The topological polar surface area (TPSA) is 76.1 Å². The zero-order chi connectivity index (χ0) is 27.4. The number of carbonyl (C=O) groups is 2. The van der Waals surface area contributed by atoms with E-state index in [9.17, 15) is 19.1 Å². The van der Waals surface area contributed by atoms with E-state index in [1.165, 1.54) is 36.3 Å². The average molecular weight is 524 g/mol. The van der Waals surface area contributed by atoms with Gasteiger partial charge in [-0.2, -0.15) is 0 Å². The fourth-order valence-corrected chi connectivity index (χ4v) is 4.64. The molecule has 1 amide bonds. The molecule has 1 aliphatic rings. The number of hydrogen-bond donors (Lipinski definition) is 1. The Labute approximate surface area is 225 Å². The third-order valence-corrected chi connectivity index (χ3v) is 6.59. The van der Waals surface area contributed by atoms with Crippen molar-refractivity contribution in [2.45, 2.75) is 19.2 Å². The van der Waals surface area contributed by atoms with Gasteiger partial charge < -0.3 is 19.5 Å². The number of Topliss-reactive ketones (excluding diaryl/α,β-unsaturated/α-hetero) is 1. The summed E-state index contributed by atoms with van der Waals surface area (Å²) in [7, 11) is 1.51. The molecule has 7 heteroatoms. The van der Waals surface area contributed by atoms with Crippen LogP contribution in [-0.2, 0) is 22.7 Å². The van der Waals surface area contributed by atoms with E-state index in [-0.39, 0.29) is 23.4 Å². The summed E-state index contributed by atoms with van der Waals surface area (Å²) in [6, 6.07) is 28.3. The number of ether oxygens (including phenoxy) is 2. The molecule has 1 atom stereocenters. The summed E-state index contributed by atoms with van der Waals surface area (Å²) in [6.45, 7) is 0.471. The van der Waals surface area contributed by atoms with E-state index in [0.29, 0.717) is 23.7 Å². The lowest BCUT2D eigenvalue weighted by Crippen LogP contribution is -2.29. The van der Waals surface area contributed by atoms with Gasteiger partial charge in [0.2, 0.25) is 0 Å². The summed E-state index contributed by atoms with van der Waals surface area (Å²) in [5.41, 5.74) is 2.51. The maximum Gasteiger partial charge on any atom is 0.295 e. The molecule has 1 heterocycles. The first-order valence-electron chi connectivity index (χ1n) is 12.4. The number of rotatable bonds is 8. The molecule has 6 nitrogen and oxygen atoms in total. The molecule has 0 aliphatic carbocycles. The highest BCUT2D eigenvalue weighted by Gasteiger charge is 2.46. The number of carbonyl (C=O) groups excluding carboxylic acids is 2. The molecule has 0 spiro atoms. The van der Waals surface area contributed by atoms with Crippen LogP contribution in [0.5, 0.6) is 11.5 Å². The predicted octanol–water partition coefficient (Wildman–Crippen LogP) is 6.04. The number of aliphatic hydroxyl groups excluding tert-OH is 1. The molecule has 5 rings (SSSR count). The zero-order valence-electron chi connectivity index (χ0n) is 21.2. The van der Waals surface area contributed by atoms with Gasteiger partial charge >= 0.3 is 0 Å². The van der Waals surface area contributed by atoms with Crippen molar-refractivity contribution in [1.82, 2.24) is 4.90 Å². The summed E-state index contributed by atoms with van der Waals surface area (Å²) in [5, 5.41) is 11.2. The van der Waals surface area contributed by atoms with Gasteiger partial charge in [0.1, 0.15) is 18.2 Å². The molecule has 1 aliphatic heterocycles. The number of likely N-dealkylation sites (tertiary alicyclic amines) is 1. The molecule has 0 bridgehead atoms. The van der Waals surface area contributed by atoms with Crippen LogP contribution < -0.4 is 9.47 Å². The normalized spacial score (nSPS) is 16.4. The number of amides is 1. The Kier molecular flexibility index (Phi) is 7.41. The molecule has 4 aromatic rings. The number of nitrogens with zero attached hydrogens (tertiary/aromatic N) is 1. The van der Waals surface area contributed by atoms with Gasteiger partial charge in [0.05, 0.1) is 18.7 Å². The number of methoxy groups -OCH3 is 1. The predicted molar refractivity (Wildman–Crippen MR) is 144 cm³/mol. The number of halogens is 1. The molecule has 4 aromatic carbocycles. The Morgan fingerprint density at radius 1 is 0.846 bits per heavy atom. The lowest BCUT2D eigenvalue weighted by atomic mass is 9.94. The molecule has 1 saturated heterocycles. The molecule has 1 N–H and O–H groups in total. The van der Waals surface area contributed by atoms with E-state index in [0.717, 1.165) is 11.1 Å². The van der Waals surface area contributed by atoms with E-state index in [1.54, 1.807) is 18.2 Å². The van der Waals surface area contributed by atoms with E-state index in [2.05, 4.69) is 0 Å². The molecule has 1 fully saturated rings. The van der Waals surface area contributed by atoms with Crippen LogP contribution >= 0.6 is 0 Å². The second-order valence-electron chi connectivity index (χ2n) is 9.10. The summed E-state index contributed by atoms with van der Waals surface area (Å²) in [6.07, 6.45) is 0. The minimum absolute atomic E-state index is 0.0810. The first-order valence-corrected chi connectivity index (χ1v) is 12.4. The highest BCUT2D eigenvalue weighted by Crippen LogP contribution is 2.42. The Hall–Kier alpha value is -4.91. The molecular formula is C32H26FNO5. The highest BCUT2D eigenvalue weighted by molar-refractivity contribution is 6.46. The molecular weight excluding hydrogens is 497 g/mol. The van der Waals surface area contributed by atoms with Crippen molar-refractivity contribution < 1.29 is 28.6 Å². The van der Waals surface area contributed by atoms with Crippen LogP contribution in [0.15, 0.2) is 109 Å². The lowest BCUT2D eigenvalue weighted by molar-refractivity contribution is -0.140. The van der Waals surface area contributed by atoms with Gasteiger partial charge in [-0.3, -0.25) is 9.59 Å². The first-order chi connectivity index (χ1) is 19.0. The maximum atomic E-state index is 13.6. The lowest BCUT2D eigenvalue weighted by Gasteiger charge is -2.26. The van der Waals surface area contributed by atoms with Crippen LogP contribution in [-0.4, -0.2) is 28.8 Å². The third kappa shape index (κ3) is 5.38. The van der Waals surface area contributed by atoms with Crippen molar-refractivity contribution in [2.75, 3.05) is 7.11 Å². The quantitative estimate of drug-likeness (QED) is 0.173. The van der Waals surface area contributed by atoms with Gasteiger partial charge in [0.15, 0.2) is 11.5 Å². The fourth-order valence-electron chi connectivity index (χ4n) is 4.64. The van der Waals surface area contributed by atoms with Crippen molar-refractivity contribution in [2.24, 2.45) is 0 Å². The van der Waals surface area contributed by atoms with Crippen LogP contribution in [0, 0.1) is 5.82 Å². The van der Waals surface area contributed by atoms with Crippen LogP contribution in [0.25, 0.3) is 5.76 Å². The number of aliphatic hydroxyl groups is 1. The molecule has 1 unspecified atom stereocenters. The summed E-state index contributed by atoms with van der Waals surface area (Å²) < 4.78 is 25.1. The largest absolute Gasteiger partial charge is 0.507 e.